The van der Waals surface area contributed by atoms with E-state index in [2.05, 4.69) is 10.1 Å². The smallest absolute Gasteiger partial charge is 0.329 e. The Morgan fingerprint density at radius 1 is 1.33 bits per heavy atom. The van der Waals surface area contributed by atoms with Crippen LogP contribution >= 0.6 is 0 Å². The number of para-hydroxylation sites is 1. The summed E-state index contributed by atoms with van der Waals surface area (Å²) in [5.74, 6) is -3.77. The van der Waals surface area contributed by atoms with Crippen LogP contribution in [0.3, 0.4) is 0 Å². The number of carbonyl (C=O) groups is 3. The molecular formula is C13H12F2N2O4. The van der Waals surface area contributed by atoms with Crippen LogP contribution < -0.4 is 10.6 Å². The lowest BCUT2D eigenvalue weighted by Gasteiger charge is -2.11. The van der Waals surface area contributed by atoms with Crippen molar-refractivity contribution in [2.75, 3.05) is 11.9 Å². The number of ether oxygens (including phenoxy) is 1. The molecule has 1 fully saturated rings. The first kappa shape index (κ1) is 14.9. The molecule has 0 radical (unpaired) electrons. The Labute approximate surface area is 118 Å². The van der Waals surface area contributed by atoms with Gasteiger partial charge < -0.3 is 15.4 Å². The third kappa shape index (κ3) is 3.74. The number of halogens is 2. The lowest BCUT2D eigenvalue weighted by atomic mass is 10.2. The van der Waals surface area contributed by atoms with Gasteiger partial charge in [0.15, 0.2) is 6.61 Å². The second kappa shape index (κ2) is 6.29. The van der Waals surface area contributed by atoms with Gasteiger partial charge in [-0.25, -0.2) is 13.6 Å². The molecule has 0 aliphatic carbocycles. The van der Waals surface area contributed by atoms with Crippen molar-refractivity contribution in [1.82, 2.24) is 5.32 Å². The monoisotopic (exact) mass is 298 g/mol. The SMILES string of the molecule is O=C(COC(=O)[C@@H]1CCC(=O)N1)Nc1c(F)cccc1F. The minimum absolute atomic E-state index is 0.215. The third-order valence-electron chi connectivity index (χ3n) is 2.85. The zero-order valence-electron chi connectivity index (χ0n) is 10.8. The highest BCUT2D eigenvalue weighted by Crippen LogP contribution is 2.17. The van der Waals surface area contributed by atoms with Gasteiger partial charge in [0.2, 0.25) is 5.91 Å². The fourth-order valence-electron chi connectivity index (χ4n) is 1.82. The van der Waals surface area contributed by atoms with Crippen molar-refractivity contribution in [3.8, 4) is 0 Å². The summed E-state index contributed by atoms with van der Waals surface area (Å²) < 4.78 is 31.3. The Morgan fingerprint density at radius 2 is 2.00 bits per heavy atom. The van der Waals surface area contributed by atoms with E-state index in [0.29, 0.717) is 6.42 Å². The second-order valence-electron chi connectivity index (χ2n) is 4.41. The van der Waals surface area contributed by atoms with Crippen LogP contribution in [0.1, 0.15) is 12.8 Å². The molecule has 0 unspecified atom stereocenters. The Bertz CT molecular complexity index is 571. The van der Waals surface area contributed by atoms with Gasteiger partial charge in [0.1, 0.15) is 23.4 Å². The molecule has 2 rings (SSSR count). The standard InChI is InChI=1S/C13H12F2N2O4/c14-7-2-1-3-8(15)12(7)17-11(19)6-21-13(20)9-4-5-10(18)16-9/h1-3,9H,4-6H2,(H,16,18)(H,17,19)/t9-/m0/s1. The summed E-state index contributed by atoms with van der Waals surface area (Å²) >= 11 is 0. The Balaban J connectivity index is 1.85. The zero-order chi connectivity index (χ0) is 15.4. The van der Waals surface area contributed by atoms with E-state index in [9.17, 15) is 23.2 Å². The van der Waals surface area contributed by atoms with Crippen LogP contribution in [0.4, 0.5) is 14.5 Å². The van der Waals surface area contributed by atoms with Gasteiger partial charge in [-0.2, -0.15) is 0 Å². The molecule has 0 saturated carbocycles. The zero-order valence-corrected chi connectivity index (χ0v) is 10.8. The van der Waals surface area contributed by atoms with E-state index in [1.165, 1.54) is 0 Å². The second-order valence-corrected chi connectivity index (χ2v) is 4.41. The highest BCUT2D eigenvalue weighted by Gasteiger charge is 2.28. The van der Waals surface area contributed by atoms with Crippen molar-refractivity contribution in [2.24, 2.45) is 0 Å². The fraction of sp³-hybridized carbons (Fsp3) is 0.308. The van der Waals surface area contributed by atoms with E-state index < -0.39 is 41.8 Å². The quantitative estimate of drug-likeness (QED) is 0.802. The molecule has 1 aliphatic heterocycles. The predicted octanol–water partition coefficient (Wildman–Crippen LogP) is 0.725. The number of hydrogen-bond acceptors (Lipinski definition) is 4. The van der Waals surface area contributed by atoms with Gasteiger partial charge in [-0.1, -0.05) is 6.07 Å². The molecule has 1 heterocycles. The molecule has 1 aromatic rings. The van der Waals surface area contributed by atoms with Crippen LogP contribution in [0.25, 0.3) is 0 Å². The molecule has 1 aliphatic rings. The molecule has 0 spiro atoms. The van der Waals surface area contributed by atoms with Gasteiger partial charge in [0.05, 0.1) is 0 Å². The first-order valence-electron chi connectivity index (χ1n) is 6.17. The number of esters is 1. The van der Waals surface area contributed by atoms with Gasteiger partial charge >= 0.3 is 5.97 Å². The van der Waals surface area contributed by atoms with E-state index in [1.807, 2.05) is 5.32 Å². The molecule has 0 aromatic heterocycles. The fourth-order valence-corrected chi connectivity index (χ4v) is 1.82. The molecule has 8 heteroatoms. The van der Waals surface area contributed by atoms with Crippen molar-refractivity contribution in [1.29, 1.82) is 0 Å². The lowest BCUT2D eigenvalue weighted by molar-refractivity contribution is -0.149. The highest BCUT2D eigenvalue weighted by molar-refractivity contribution is 5.94. The minimum Gasteiger partial charge on any atom is -0.454 e. The topological polar surface area (TPSA) is 84.5 Å². The average Bonchev–Trinajstić information content (AvgIpc) is 2.87. The first-order chi connectivity index (χ1) is 9.97. The summed E-state index contributed by atoms with van der Waals surface area (Å²) in [5, 5.41) is 4.36. The molecule has 112 valence electrons. The molecule has 1 atom stereocenters. The predicted molar refractivity (Wildman–Crippen MR) is 67.1 cm³/mol. The van der Waals surface area contributed by atoms with Crippen LogP contribution in [0.15, 0.2) is 18.2 Å². The third-order valence-corrected chi connectivity index (χ3v) is 2.85. The Morgan fingerprint density at radius 3 is 2.57 bits per heavy atom. The van der Waals surface area contributed by atoms with Crippen LogP contribution in [0.2, 0.25) is 0 Å². The summed E-state index contributed by atoms with van der Waals surface area (Å²) in [4.78, 5) is 33.9. The van der Waals surface area contributed by atoms with E-state index in [1.54, 1.807) is 0 Å². The minimum atomic E-state index is -0.933. The largest absolute Gasteiger partial charge is 0.454 e. The van der Waals surface area contributed by atoms with Gasteiger partial charge in [-0.15, -0.1) is 0 Å². The maximum Gasteiger partial charge on any atom is 0.329 e. The molecule has 6 nitrogen and oxygen atoms in total. The molecule has 1 aromatic carbocycles. The number of rotatable bonds is 4. The van der Waals surface area contributed by atoms with Crippen LogP contribution in [0, 0.1) is 11.6 Å². The van der Waals surface area contributed by atoms with E-state index in [4.69, 9.17) is 0 Å². The van der Waals surface area contributed by atoms with Crippen molar-refractivity contribution in [3.63, 3.8) is 0 Å². The summed E-state index contributed by atoms with van der Waals surface area (Å²) in [6, 6.07) is 2.34. The summed E-state index contributed by atoms with van der Waals surface area (Å²) in [6.07, 6.45) is 0.508. The van der Waals surface area contributed by atoms with Crippen LogP contribution in [-0.4, -0.2) is 30.4 Å². The van der Waals surface area contributed by atoms with Crippen molar-refractivity contribution in [2.45, 2.75) is 18.9 Å². The number of nitrogens with one attached hydrogen (secondary N) is 2. The maximum absolute atomic E-state index is 13.3. The van der Waals surface area contributed by atoms with Crippen LogP contribution in [0.5, 0.6) is 0 Å². The van der Waals surface area contributed by atoms with Gasteiger partial charge in [0.25, 0.3) is 5.91 Å². The van der Waals surface area contributed by atoms with Crippen LogP contribution in [-0.2, 0) is 19.1 Å². The van der Waals surface area contributed by atoms with E-state index in [-0.39, 0.29) is 12.3 Å². The number of anilines is 1. The molecule has 1 saturated heterocycles. The molecule has 2 N–H and O–H groups in total. The molecule has 2 amide bonds. The summed E-state index contributed by atoms with van der Waals surface area (Å²) in [7, 11) is 0. The van der Waals surface area contributed by atoms with Crippen molar-refractivity contribution >= 4 is 23.5 Å². The molecule has 21 heavy (non-hydrogen) atoms. The number of hydrogen-bond donors (Lipinski definition) is 2. The van der Waals surface area contributed by atoms with Gasteiger partial charge in [-0.3, -0.25) is 9.59 Å². The van der Waals surface area contributed by atoms with Crippen molar-refractivity contribution < 1.29 is 27.9 Å². The average molecular weight is 298 g/mol. The van der Waals surface area contributed by atoms with Gasteiger partial charge in [0, 0.05) is 6.42 Å². The first-order valence-corrected chi connectivity index (χ1v) is 6.17. The number of amides is 2. The number of carbonyl (C=O) groups excluding carboxylic acids is 3. The Hall–Kier alpha value is -2.51. The van der Waals surface area contributed by atoms with Gasteiger partial charge in [-0.05, 0) is 18.6 Å². The normalized spacial score (nSPS) is 17.2. The highest BCUT2D eigenvalue weighted by atomic mass is 19.1. The molecular weight excluding hydrogens is 286 g/mol. The Kier molecular flexibility index (Phi) is 4.46. The van der Waals surface area contributed by atoms with E-state index in [0.717, 1.165) is 18.2 Å². The molecule has 0 bridgehead atoms. The number of benzene rings is 1. The summed E-state index contributed by atoms with van der Waals surface area (Å²) in [6.45, 7) is -0.695. The maximum atomic E-state index is 13.3. The van der Waals surface area contributed by atoms with E-state index >= 15 is 0 Å². The lowest BCUT2D eigenvalue weighted by Crippen LogP contribution is -2.36. The summed E-state index contributed by atoms with van der Waals surface area (Å²) in [5.41, 5.74) is -0.604. The van der Waals surface area contributed by atoms with Crippen molar-refractivity contribution in [3.05, 3.63) is 29.8 Å².